The summed E-state index contributed by atoms with van der Waals surface area (Å²) in [5.74, 6) is -29.2. The van der Waals surface area contributed by atoms with Crippen LogP contribution >= 0.6 is 0 Å². The molecular weight excluding hydrogens is 1530 g/mol. The van der Waals surface area contributed by atoms with Gasteiger partial charge in [0, 0.05) is 50.5 Å². The average molecular weight is 1640 g/mol. The van der Waals surface area contributed by atoms with Gasteiger partial charge in [0.25, 0.3) is 0 Å². The first-order valence-corrected chi connectivity index (χ1v) is 37.8. The van der Waals surface area contributed by atoms with Crippen LogP contribution in [-0.2, 0) is 112 Å². The van der Waals surface area contributed by atoms with Gasteiger partial charge in [-0.05, 0) is 81.9 Å². The zero-order chi connectivity index (χ0) is 87.4. The minimum atomic E-state index is -2.30. The minimum Gasteiger partial charge on any atom is -0.481 e. The highest BCUT2D eigenvalue weighted by Crippen LogP contribution is 2.22. The first kappa shape index (κ1) is 98.3. The molecule has 2 aromatic rings. The maximum absolute atomic E-state index is 15.0. The number of carbonyl (C=O) groups excluding carboxylic acids is 16. The summed E-state index contributed by atoms with van der Waals surface area (Å²) in [6.07, 6.45) is -3.89. The maximum Gasteiger partial charge on any atom is 0.335 e. The molecular formula is C73H111N17O26. The molecule has 23 N–H and O–H groups in total. The third-order valence-corrected chi connectivity index (χ3v) is 18.8. The molecule has 0 bridgehead atoms. The van der Waals surface area contributed by atoms with Crippen molar-refractivity contribution in [2.45, 2.75) is 236 Å². The second-order valence-corrected chi connectivity index (χ2v) is 28.8. The molecule has 1 fully saturated rings. The number of nitrogens with zero attached hydrogens (tertiary/aromatic N) is 1. The number of aromatic nitrogens is 1. The summed E-state index contributed by atoms with van der Waals surface area (Å²) in [5, 5.41) is 67.4. The number of esters is 1. The average Bonchev–Trinajstić information content (AvgIpc) is 1.56. The van der Waals surface area contributed by atoms with E-state index >= 15 is 0 Å². The van der Waals surface area contributed by atoms with Crippen LogP contribution in [0.1, 0.15) is 157 Å². The number of cyclic esters (lactones) is 1. The van der Waals surface area contributed by atoms with Gasteiger partial charge >= 0.3 is 29.8 Å². The van der Waals surface area contributed by atoms with Crippen LogP contribution in [0.2, 0.25) is 0 Å². The number of carboxylic acids is 4. The van der Waals surface area contributed by atoms with Gasteiger partial charge in [-0.3, -0.25) is 86.3 Å². The summed E-state index contributed by atoms with van der Waals surface area (Å²) in [6.45, 7) is 7.79. The molecule has 43 heteroatoms. The summed E-state index contributed by atoms with van der Waals surface area (Å²) >= 11 is 0. The first-order chi connectivity index (χ1) is 54.5. The fourth-order valence-corrected chi connectivity index (χ4v) is 12.1. The van der Waals surface area contributed by atoms with Gasteiger partial charge in [0.15, 0.2) is 6.10 Å². The molecule has 0 radical (unpaired) electrons. The third kappa shape index (κ3) is 33.6. The molecule has 43 nitrogen and oxygen atoms in total. The number of aliphatic carboxylic acids is 4. The molecule has 1 aromatic carbocycles. The van der Waals surface area contributed by atoms with Crippen molar-refractivity contribution < 1.29 is 126 Å². The number of primary amides is 2. The molecule has 116 heavy (non-hydrogen) atoms. The lowest BCUT2D eigenvalue weighted by molar-refractivity contribution is -0.159. The second kappa shape index (κ2) is 49.0. The van der Waals surface area contributed by atoms with Crippen LogP contribution in [0.4, 0.5) is 0 Å². The Morgan fingerprint density at radius 2 is 1.21 bits per heavy atom. The quantitative estimate of drug-likeness (QED) is 0.0223. The highest BCUT2D eigenvalue weighted by atomic mass is 16.5. The standard InChI is InChI=1S/C73H111N17O26/c1-10-36(4)19-13-11-12-14-23-51(93)80-45(28-40-32-77-42-21-16-15-20-41(40)42)65(105)83-44(24-25-54(96)97)63(103)85-47(30-50(76)92)68(108)88-59-39(7)116-73(114)57(35(2)3)86-70(110)58(37(5)27-55(98)99)87-67(107)46(29-49(75)91)81-52(94)33-78-69(109)60(61(115-9)72(112)113)89-64(104)43(22-17-18-26-74)82-66(106)48(31-56(100)101)84-62(102)38(6)79-53(95)34-90(8)71(59)111/h15-16,20-21,32,35-39,43-48,57-61,77H,10-14,17-19,22-31,33-34,74H2,1-9H3,(H2,75,91)(H2,76,92)(H,78,109)(H,79,95)(H,80,93)(H,81,94)(H,82,106)(H,83,105)(H,84,102)(H,85,103)(H,86,110)(H,87,107)(H,88,108)(H,89,104)(H,96,97)(H,98,99)(H,100,101)(H,112,113). The number of carbonyl (C=O) groups is 20. The molecule has 0 saturated carbocycles. The van der Waals surface area contributed by atoms with Gasteiger partial charge in [0.2, 0.25) is 88.6 Å². The SMILES string of the molecule is CCC(C)CCCCCCC(=O)NC(Cc1c[nH]c2ccccc12)C(=O)NC(CCC(=O)O)C(=O)NC(CC(N)=O)C(=O)NC1C(=O)N(C)CC(=O)NC(C)C(=O)NC(CC(=O)O)C(=O)NC(CCCCN)C(=O)NC(C(OC)C(=O)O)C(=O)NCC(=O)NC(CC(N)=O)C(=O)NC(C(C)CC(=O)O)C(=O)NC(C(C)C)C(=O)OC1C. The molecule has 15 atom stereocenters. The Morgan fingerprint density at radius 1 is 0.603 bits per heavy atom. The summed E-state index contributed by atoms with van der Waals surface area (Å²) in [7, 11) is 1.75. The van der Waals surface area contributed by atoms with Gasteiger partial charge in [0.1, 0.15) is 72.6 Å². The van der Waals surface area contributed by atoms with Gasteiger partial charge in [-0.15, -0.1) is 0 Å². The van der Waals surface area contributed by atoms with Gasteiger partial charge < -0.3 is 121 Å². The Bertz CT molecular complexity index is 3850. The molecule has 1 saturated heterocycles. The Morgan fingerprint density at radius 3 is 1.81 bits per heavy atom. The van der Waals surface area contributed by atoms with E-state index < -0.39 is 261 Å². The van der Waals surface area contributed by atoms with Crippen molar-refractivity contribution >= 4 is 129 Å². The number of nitrogens with one attached hydrogen (secondary N) is 13. The predicted octanol–water partition coefficient (Wildman–Crippen LogP) is -4.94. The van der Waals surface area contributed by atoms with Crippen LogP contribution in [0, 0.1) is 17.8 Å². The van der Waals surface area contributed by atoms with Crippen molar-refractivity contribution in [1.29, 1.82) is 0 Å². The van der Waals surface area contributed by atoms with E-state index in [1.54, 1.807) is 30.5 Å². The summed E-state index contributed by atoms with van der Waals surface area (Å²) in [4.78, 5) is 277. The molecule has 644 valence electrons. The largest absolute Gasteiger partial charge is 0.481 e. The lowest BCUT2D eigenvalue weighted by atomic mass is 9.95. The number of unbranched alkanes of at least 4 members (excludes halogenated alkanes) is 4. The molecule has 0 aliphatic carbocycles. The first-order valence-electron chi connectivity index (χ1n) is 37.8. The maximum atomic E-state index is 15.0. The minimum absolute atomic E-state index is 0.00289. The predicted molar refractivity (Wildman–Crippen MR) is 407 cm³/mol. The Kier molecular flexibility index (Phi) is 41.5. The van der Waals surface area contributed by atoms with E-state index in [2.05, 4.69) is 77.3 Å². The zero-order valence-electron chi connectivity index (χ0n) is 66.2. The van der Waals surface area contributed by atoms with Gasteiger partial charge in [0.05, 0.1) is 38.8 Å². The van der Waals surface area contributed by atoms with E-state index in [1.807, 2.05) is 5.32 Å². The lowest BCUT2D eigenvalue weighted by Gasteiger charge is -2.32. The zero-order valence-corrected chi connectivity index (χ0v) is 66.2. The van der Waals surface area contributed by atoms with Gasteiger partial charge in [-0.1, -0.05) is 84.9 Å². The Labute approximate surface area is 667 Å². The van der Waals surface area contributed by atoms with Crippen LogP contribution in [0.15, 0.2) is 30.5 Å². The normalized spacial score (nSPS) is 21.9. The number of rotatable bonds is 37. The molecule has 1 aliphatic heterocycles. The number of hydrogen-bond acceptors (Lipinski definition) is 23. The number of nitrogens with two attached hydrogens (primary N) is 3. The number of para-hydroxylation sites is 1. The lowest BCUT2D eigenvalue weighted by Crippen LogP contribution is -2.62. The molecule has 1 aliphatic rings. The van der Waals surface area contributed by atoms with Crippen LogP contribution < -0.4 is 81.0 Å². The number of likely N-dealkylation sites (N-methyl/N-ethyl adjacent to an activating group) is 1. The van der Waals surface area contributed by atoms with E-state index in [4.69, 9.17) is 26.7 Å². The van der Waals surface area contributed by atoms with E-state index in [0.717, 1.165) is 60.6 Å². The fraction of sp³-hybridized carbons (Fsp3) is 0.616. The molecule has 1 aromatic heterocycles. The van der Waals surface area contributed by atoms with Crippen molar-refractivity contribution in [3.05, 3.63) is 36.0 Å². The van der Waals surface area contributed by atoms with Crippen molar-refractivity contribution in [2.24, 2.45) is 35.0 Å². The van der Waals surface area contributed by atoms with Crippen molar-refractivity contribution in [1.82, 2.24) is 73.7 Å². The number of amides is 15. The molecule has 3 rings (SSSR count). The van der Waals surface area contributed by atoms with Gasteiger partial charge in [-0.2, -0.15) is 0 Å². The number of benzene rings is 1. The fourth-order valence-electron chi connectivity index (χ4n) is 12.1. The number of methoxy groups -OCH3 is 1. The second-order valence-electron chi connectivity index (χ2n) is 28.8. The number of fused-ring (bicyclic) bond motifs is 1. The van der Waals surface area contributed by atoms with E-state index in [9.17, 15) is 116 Å². The van der Waals surface area contributed by atoms with Crippen LogP contribution in [0.25, 0.3) is 10.9 Å². The third-order valence-electron chi connectivity index (χ3n) is 18.8. The summed E-state index contributed by atoms with van der Waals surface area (Å²) in [6, 6.07) is -14.7. The molecule has 0 spiro atoms. The highest BCUT2D eigenvalue weighted by Gasteiger charge is 2.43. The topological polar surface area (TPSA) is 682 Å². The summed E-state index contributed by atoms with van der Waals surface area (Å²) < 4.78 is 10.7. The molecule has 15 amide bonds. The smallest absolute Gasteiger partial charge is 0.335 e. The Balaban J connectivity index is 2.25. The summed E-state index contributed by atoms with van der Waals surface area (Å²) in [5.41, 5.74) is 17.9. The van der Waals surface area contributed by atoms with Crippen LogP contribution in [-0.4, -0.2) is 261 Å². The van der Waals surface area contributed by atoms with Crippen molar-refractivity contribution in [3.8, 4) is 0 Å². The Hall–Kier alpha value is -11.9. The number of H-pyrrole nitrogens is 1. The molecule has 15 unspecified atom stereocenters. The van der Waals surface area contributed by atoms with Crippen molar-refractivity contribution in [2.75, 3.05) is 33.8 Å². The van der Waals surface area contributed by atoms with E-state index in [1.165, 1.54) is 13.8 Å². The van der Waals surface area contributed by atoms with E-state index in [0.29, 0.717) is 40.1 Å². The van der Waals surface area contributed by atoms with Crippen molar-refractivity contribution in [3.63, 3.8) is 0 Å². The highest BCUT2D eigenvalue weighted by molar-refractivity contribution is 6.02. The van der Waals surface area contributed by atoms with E-state index in [-0.39, 0.29) is 38.6 Å². The number of carboxylic acid groups (broad SMARTS) is 4. The van der Waals surface area contributed by atoms with Crippen LogP contribution in [0.3, 0.4) is 0 Å². The van der Waals surface area contributed by atoms with Crippen LogP contribution in [0.5, 0.6) is 0 Å². The number of aromatic amines is 1. The van der Waals surface area contributed by atoms with Gasteiger partial charge in [-0.25, -0.2) is 9.59 Å². The number of hydrogen-bond donors (Lipinski definition) is 20. The monoisotopic (exact) mass is 1640 g/mol. The molecule has 2 heterocycles. The number of ether oxygens (including phenoxy) is 2.